The molecule has 27 heavy (non-hydrogen) atoms. The molecule has 2 rings (SSSR count). The van der Waals surface area contributed by atoms with Gasteiger partial charge in [0.05, 0.1) is 7.11 Å². The smallest absolute Gasteiger partial charge is 0.387 e. The van der Waals surface area contributed by atoms with Crippen molar-refractivity contribution in [2.24, 2.45) is 4.99 Å². The maximum atomic E-state index is 12.9. The molecule has 0 aliphatic rings. The van der Waals surface area contributed by atoms with E-state index in [4.69, 9.17) is 4.74 Å². The van der Waals surface area contributed by atoms with E-state index in [-0.39, 0.29) is 17.3 Å². The van der Waals surface area contributed by atoms with Crippen LogP contribution in [0.1, 0.15) is 11.1 Å². The fraction of sp³-hybridized carbons (Fsp3) is 0.316. The van der Waals surface area contributed by atoms with Crippen molar-refractivity contribution in [3.8, 4) is 11.5 Å². The fourth-order valence-corrected chi connectivity index (χ4v) is 2.40. The molecular weight excluding hydrogens is 359 g/mol. The second-order valence-corrected chi connectivity index (χ2v) is 5.59. The molecule has 0 aliphatic heterocycles. The number of guanidine groups is 1. The van der Waals surface area contributed by atoms with E-state index in [9.17, 15) is 13.2 Å². The Morgan fingerprint density at radius 1 is 1.04 bits per heavy atom. The van der Waals surface area contributed by atoms with Crippen LogP contribution >= 0.6 is 0 Å². The molecule has 2 aromatic rings. The lowest BCUT2D eigenvalue weighted by molar-refractivity contribution is -0.0512. The van der Waals surface area contributed by atoms with Crippen LogP contribution in [0.2, 0.25) is 0 Å². The van der Waals surface area contributed by atoms with Crippen molar-refractivity contribution in [1.29, 1.82) is 0 Å². The monoisotopic (exact) mass is 381 g/mol. The van der Waals surface area contributed by atoms with E-state index in [0.29, 0.717) is 25.5 Å². The van der Waals surface area contributed by atoms with Crippen LogP contribution in [-0.4, -0.2) is 33.3 Å². The van der Waals surface area contributed by atoms with Gasteiger partial charge >= 0.3 is 6.61 Å². The van der Waals surface area contributed by atoms with E-state index < -0.39 is 6.61 Å². The van der Waals surface area contributed by atoms with Gasteiger partial charge in [-0.15, -0.1) is 0 Å². The van der Waals surface area contributed by atoms with Crippen LogP contribution in [0.5, 0.6) is 11.5 Å². The van der Waals surface area contributed by atoms with Gasteiger partial charge < -0.3 is 20.1 Å². The highest BCUT2D eigenvalue weighted by atomic mass is 19.3. The number of methoxy groups -OCH3 is 1. The highest BCUT2D eigenvalue weighted by Gasteiger charge is 2.11. The lowest BCUT2D eigenvalue weighted by Gasteiger charge is -2.13. The lowest BCUT2D eigenvalue weighted by atomic mass is 10.1. The van der Waals surface area contributed by atoms with E-state index in [1.165, 1.54) is 25.3 Å². The highest BCUT2D eigenvalue weighted by molar-refractivity contribution is 5.79. The molecule has 0 fully saturated rings. The van der Waals surface area contributed by atoms with Crippen molar-refractivity contribution >= 4 is 5.96 Å². The minimum absolute atomic E-state index is 0.00353. The van der Waals surface area contributed by atoms with Gasteiger partial charge in [0.15, 0.2) is 17.5 Å². The maximum absolute atomic E-state index is 12.9. The largest absolute Gasteiger partial charge is 0.493 e. The Labute approximate surface area is 156 Å². The predicted molar refractivity (Wildman–Crippen MR) is 97.9 cm³/mol. The van der Waals surface area contributed by atoms with Crippen molar-refractivity contribution in [2.45, 2.75) is 19.6 Å². The summed E-state index contributed by atoms with van der Waals surface area (Å²) < 4.78 is 47.4. The van der Waals surface area contributed by atoms with Crippen LogP contribution in [-0.2, 0) is 13.0 Å². The SMILES string of the molecule is CN=C(NCCc1ccc(OC)c(OC(F)F)c1)NCc1ccc(F)cc1. The minimum Gasteiger partial charge on any atom is -0.493 e. The molecule has 0 saturated carbocycles. The number of rotatable bonds is 8. The number of ether oxygens (including phenoxy) is 2. The number of halogens is 3. The summed E-state index contributed by atoms with van der Waals surface area (Å²) in [6.45, 7) is -1.89. The quantitative estimate of drug-likeness (QED) is 0.544. The third-order valence-electron chi connectivity index (χ3n) is 3.75. The number of nitrogens with zero attached hydrogens (tertiary/aromatic N) is 1. The standard InChI is InChI=1S/C19H22F3N3O2/c1-23-19(25-12-14-3-6-15(20)7-4-14)24-10-9-13-5-8-16(26-2)17(11-13)27-18(21)22/h3-8,11,18H,9-10,12H2,1-2H3,(H2,23,24,25). The van der Waals surface area contributed by atoms with Crippen molar-refractivity contribution in [2.75, 3.05) is 20.7 Å². The zero-order valence-electron chi connectivity index (χ0n) is 15.1. The zero-order chi connectivity index (χ0) is 19.6. The van der Waals surface area contributed by atoms with Crippen LogP contribution in [0, 0.1) is 5.82 Å². The average Bonchev–Trinajstić information content (AvgIpc) is 2.65. The van der Waals surface area contributed by atoms with Crippen molar-refractivity contribution in [3.05, 3.63) is 59.4 Å². The van der Waals surface area contributed by atoms with Crippen molar-refractivity contribution < 1.29 is 22.6 Å². The first-order chi connectivity index (χ1) is 13.0. The van der Waals surface area contributed by atoms with E-state index in [1.54, 1.807) is 31.3 Å². The first-order valence-corrected chi connectivity index (χ1v) is 8.32. The summed E-state index contributed by atoms with van der Waals surface area (Å²) in [6, 6.07) is 11.1. The first-order valence-electron chi connectivity index (χ1n) is 8.32. The Morgan fingerprint density at radius 2 is 1.74 bits per heavy atom. The molecular formula is C19H22F3N3O2. The maximum Gasteiger partial charge on any atom is 0.387 e. The van der Waals surface area contributed by atoms with Gasteiger partial charge in [0.1, 0.15) is 5.82 Å². The molecule has 0 bridgehead atoms. The van der Waals surface area contributed by atoms with E-state index in [2.05, 4.69) is 20.4 Å². The van der Waals surface area contributed by atoms with Crippen LogP contribution in [0.3, 0.4) is 0 Å². The highest BCUT2D eigenvalue weighted by Crippen LogP contribution is 2.29. The number of aliphatic imine (C=N–C) groups is 1. The molecule has 8 heteroatoms. The Hall–Kier alpha value is -2.90. The molecule has 146 valence electrons. The average molecular weight is 381 g/mol. The summed E-state index contributed by atoms with van der Waals surface area (Å²) in [4.78, 5) is 4.11. The number of benzene rings is 2. The number of nitrogens with one attached hydrogen (secondary N) is 2. The third kappa shape index (κ3) is 6.73. The Balaban J connectivity index is 1.85. The van der Waals surface area contributed by atoms with E-state index >= 15 is 0 Å². The zero-order valence-corrected chi connectivity index (χ0v) is 15.1. The first kappa shape index (κ1) is 20.4. The molecule has 2 N–H and O–H groups in total. The lowest BCUT2D eigenvalue weighted by Crippen LogP contribution is -2.37. The van der Waals surface area contributed by atoms with Crippen LogP contribution in [0.15, 0.2) is 47.5 Å². The fourth-order valence-electron chi connectivity index (χ4n) is 2.40. The van der Waals surface area contributed by atoms with Gasteiger partial charge in [-0.25, -0.2) is 4.39 Å². The van der Waals surface area contributed by atoms with Crippen LogP contribution < -0.4 is 20.1 Å². The van der Waals surface area contributed by atoms with Gasteiger partial charge in [0, 0.05) is 20.1 Å². The third-order valence-corrected chi connectivity index (χ3v) is 3.75. The molecule has 0 spiro atoms. The van der Waals surface area contributed by atoms with Crippen LogP contribution in [0.25, 0.3) is 0 Å². The summed E-state index contributed by atoms with van der Waals surface area (Å²) in [5.41, 5.74) is 1.73. The summed E-state index contributed by atoms with van der Waals surface area (Å²) in [6.07, 6.45) is 0.570. The van der Waals surface area contributed by atoms with Gasteiger partial charge in [-0.3, -0.25) is 4.99 Å². The van der Waals surface area contributed by atoms with E-state index in [0.717, 1.165) is 11.1 Å². The Morgan fingerprint density at radius 3 is 2.37 bits per heavy atom. The van der Waals surface area contributed by atoms with E-state index in [1.807, 2.05) is 0 Å². The summed E-state index contributed by atoms with van der Waals surface area (Å²) in [7, 11) is 3.04. The molecule has 5 nitrogen and oxygen atoms in total. The minimum atomic E-state index is -2.92. The normalized spacial score (nSPS) is 11.4. The van der Waals surface area contributed by atoms with Crippen molar-refractivity contribution in [1.82, 2.24) is 10.6 Å². The summed E-state index contributed by atoms with van der Waals surface area (Å²) >= 11 is 0. The molecule has 0 aliphatic carbocycles. The molecule has 0 unspecified atom stereocenters. The topological polar surface area (TPSA) is 54.9 Å². The second kappa shape index (κ2) is 10.3. The second-order valence-electron chi connectivity index (χ2n) is 5.59. The molecule has 0 atom stereocenters. The van der Waals surface area contributed by atoms with Gasteiger partial charge in [-0.1, -0.05) is 18.2 Å². The molecule has 0 amide bonds. The Kier molecular flexibility index (Phi) is 7.79. The number of hydrogen-bond acceptors (Lipinski definition) is 3. The van der Waals surface area contributed by atoms with Gasteiger partial charge in [0.2, 0.25) is 0 Å². The molecule has 0 radical (unpaired) electrons. The molecule has 0 heterocycles. The Bertz CT molecular complexity index is 752. The molecule has 0 aromatic heterocycles. The predicted octanol–water partition coefficient (Wildman–Crippen LogP) is 3.34. The molecule has 2 aromatic carbocycles. The van der Waals surface area contributed by atoms with Crippen LogP contribution in [0.4, 0.5) is 13.2 Å². The number of alkyl halides is 2. The van der Waals surface area contributed by atoms with Gasteiger partial charge in [-0.05, 0) is 41.8 Å². The summed E-state index contributed by atoms with van der Waals surface area (Å²) in [5, 5.41) is 6.25. The molecule has 0 saturated heterocycles. The van der Waals surface area contributed by atoms with Crippen molar-refractivity contribution in [3.63, 3.8) is 0 Å². The number of hydrogen-bond donors (Lipinski definition) is 2. The van der Waals surface area contributed by atoms with Gasteiger partial charge in [-0.2, -0.15) is 8.78 Å². The summed E-state index contributed by atoms with van der Waals surface area (Å²) in [5.74, 6) is 0.556. The van der Waals surface area contributed by atoms with Gasteiger partial charge in [0.25, 0.3) is 0 Å².